The second kappa shape index (κ2) is 10.5. The summed E-state index contributed by atoms with van der Waals surface area (Å²) in [5.74, 6) is 1.66. The maximum atomic E-state index is 9.04. The second-order valence-corrected chi connectivity index (χ2v) is 7.89. The first-order chi connectivity index (χ1) is 12.8. The summed E-state index contributed by atoms with van der Waals surface area (Å²) in [6, 6.07) is 21.7. The number of aliphatic hydroxyl groups is 1. The lowest BCUT2D eigenvalue weighted by atomic mass is 9.80. The highest BCUT2D eigenvalue weighted by molar-refractivity contribution is 5.17. The average Bonchev–Trinajstić information content (AvgIpc) is 2.69. The summed E-state index contributed by atoms with van der Waals surface area (Å²) in [6.45, 7) is 3.60. The van der Waals surface area contributed by atoms with Crippen molar-refractivity contribution in [3.05, 3.63) is 71.8 Å². The number of nitrogens with zero attached hydrogens (tertiary/aromatic N) is 1. The molecule has 2 heteroatoms. The maximum Gasteiger partial charge on any atom is 0.0431 e. The highest BCUT2D eigenvalue weighted by atomic mass is 16.2. The third-order valence-corrected chi connectivity index (χ3v) is 5.75. The molecule has 2 aromatic rings. The topological polar surface area (TPSA) is 23.5 Å². The molecule has 3 rings (SSSR count). The first-order valence-electron chi connectivity index (χ1n) is 10.2. The Bertz CT molecular complexity index is 563. The van der Waals surface area contributed by atoms with Gasteiger partial charge in [-0.1, -0.05) is 73.5 Å². The largest absolute Gasteiger partial charge is 0.396 e. The van der Waals surface area contributed by atoms with Crippen LogP contribution in [0.4, 0.5) is 0 Å². The van der Waals surface area contributed by atoms with E-state index in [9.17, 15) is 0 Å². The first kappa shape index (κ1) is 19.1. The van der Waals surface area contributed by atoms with Crippen LogP contribution in [0, 0.1) is 11.8 Å². The van der Waals surface area contributed by atoms with Crippen LogP contribution in [0.1, 0.15) is 49.7 Å². The van der Waals surface area contributed by atoms with Crippen LogP contribution in [0.15, 0.2) is 60.7 Å². The zero-order chi connectivity index (χ0) is 18.0. The predicted molar refractivity (Wildman–Crippen MR) is 109 cm³/mol. The second-order valence-electron chi connectivity index (χ2n) is 7.89. The van der Waals surface area contributed by atoms with Crippen molar-refractivity contribution < 1.29 is 5.11 Å². The molecular weight excluding hydrogens is 318 g/mol. The van der Waals surface area contributed by atoms with E-state index in [0.29, 0.717) is 6.61 Å². The van der Waals surface area contributed by atoms with Crippen molar-refractivity contribution in [2.24, 2.45) is 11.8 Å². The van der Waals surface area contributed by atoms with Gasteiger partial charge in [0, 0.05) is 26.2 Å². The maximum absolute atomic E-state index is 9.04. The fourth-order valence-corrected chi connectivity index (χ4v) is 4.32. The first-order valence-corrected chi connectivity index (χ1v) is 10.2. The summed E-state index contributed by atoms with van der Waals surface area (Å²) in [7, 11) is 0. The van der Waals surface area contributed by atoms with Gasteiger partial charge in [-0.05, 0) is 48.6 Å². The highest BCUT2D eigenvalue weighted by Gasteiger charge is 2.23. The normalized spacial score (nSPS) is 20.4. The molecule has 1 N–H and O–H groups in total. The van der Waals surface area contributed by atoms with Crippen molar-refractivity contribution in [1.29, 1.82) is 0 Å². The van der Waals surface area contributed by atoms with Crippen molar-refractivity contribution in [3.8, 4) is 0 Å². The zero-order valence-electron chi connectivity index (χ0n) is 15.9. The molecule has 0 amide bonds. The summed E-state index contributed by atoms with van der Waals surface area (Å²) in [5.41, 5.74) is 2.81. The molecule has 1 aliphatic carbocycles. The Morgan fingerprint density at radius 3 is 1.73 bits per heavy atom. The monoisotopic (exact) mass is 351 g/mol. The van der Waals surface area contributed by atoms with Crippen LogP contribution in [0.2, 0.25) is 0 Å². The Hall–Kier alpha value is -1.64. The molecule has 0 unspecified atom stereocenters. The molecule has 140 valence electrons. The summed E-state index contributed by atoms with van der Waals surface area (Å²) in [4.78, 5) is 2.63. The third kappa shape index (κ3) is 6.26. The summed E-state index contributed by atoms with van der Waals surface area (Å²) >= 11 is 0. The van der Waals surface area contributed by atoms with Gasteiger partial charge in [-0.2, -0.15) is 0 Å². The van der Waals surface area contributed by atoms with E-state index in [0.717, 1.165) is 31.3 Å². The van der Waals surface area contributed by atoms with Gasteiger partial charge in [0.25, 0.3) is 0 Å². The van der Waals surface area contributed by atoms with Gasteiger partial charge in [-0.15, -0.1) is 0 Å². The smallest absolute Gasteiger partial charge is 0.0431 e. The lowest BCUT2D eigenvalue weighted by Gasteiger charge is -2.33. The van der Waals surface area contributed by atoms with Crippen molar-refractivity contribution >= 4 is 0 Å². The Morgan fingerprint density at radius 2 is 1.23 bits per heavy atom. The van der Waals surface area contributed by atoms with E-state index >= 15 is 0 Å². The third-order valence-electron chi connectivity index (χ3n) is 5.75. The number of hydrogen-bond acceptors (Lipinski definition) is 2. The fraction of sp³-hybridized carbons (Fsp3) is 0.500. The van der Waals surface area contributed by atoms with E-state index in [4.69, 9.17) is 5.11 Å². The summed E-state index contributed by atoms with van der Waals surface area (Å²) in [6.07, 6.45) is 7.56. The lowest BCUT2D eigenvalue weighted by molar-refractivity contribution is 0.161. The number of benzene rings is 2. The molecule has 0 aromatic heterocycles. The molecule has 0 atom stereocenters. The van der Waals surface area contributed by atoms with Crippen LogP contribution in [0.25, 0.3) is 0 Å². The number of rotatable bonds is 9. The van der Waals surface area contributed by atoms with Gasteiger partial charge in [-0.3, -0.25) is 4.90 Å². The minimum atomic E-state index is 0.349. The van der Waals surface area contributed by atoms with Gasteiger partial charge >= 0.3 is 0 Å². The van der Waals surface area contributed by atoms with Gasteiger partial charge in [0.1, 0.15) is 0 Å². The van der Waals surface area contributed by atoms with Gasteiger partial charge in [0.05, 0.1) is 0 Å². The molecule has 0 aliphatic heterocycles. The Balaban J connectivity index is 1.57. The van der Waals surface area contributed by atoms with Crippen LogP contribution < -0.4 is 0 Å². The van der Waals surface area contributed by atoms with Crippen molar-refractivity contribution in [3.63, 3.8) is 0 Å². The number of hydrogen-bond donors (Lipinski definition) is 1. The minimum Gasteiger partial charge on any atom is -0.396 e. The predicted octanol–water partition coefficient (Wildman–Crippen LogP) is 5.27. The summed E-state index contributed by atoms with van der Waals surface area (Å²) in [5, 5.41) is 9.04. The van der Waals surface area contributed by atoms with Gasteiger partial charge in [-0.25, -0.2) is 0 Å². The molecular formula is C24H33NO. The zero-order valence-corrected chi connectivity index (χ0v) is 15.9. The lowest BCUT2D eigenvalue weighted by Crippen LogP contribution is -2.31. The highest BCUT2D eigenvalue weighted by Crippen LogP contribution is 2.32. The Kier molecular flexibility index (Phi) is 7.72. The van der Waals surface area contributed by atoms with E-state index in [2.05, 4.69) is 65.6 Å². The van der Waals surface area contributed by atoms with Gasteiger partial charge < -0.3 is 5.11 Å². The van der Waals surface area contributed by atoms with Crippen LogP contribution in [-0.4, -0.2) is 23.2 Å². The van der Waals surface area contributed by atoms with E-state index in [1.54, 1.807) is 0 Å². The number of aliphatic hydroxyl groups excluding tert-OH is 1. The van der Waals surface area contributed by atoms with E-state index in [1.165, 1.54) is 49.8 Å². The SMILES string of the molecule is OCCC[C@H]1CC[C@@H](CN(Cc2ccccc2)Cc2ccccc2)CC1. The van der Waals surface area contributed by atoms with Gasteiger partial charge in [0.2, 0.25) is 0 Å². The molecule has 0 spiro atoms. The molecule has 0 heterocycles. The quantitative estimate of drug-likeness (QED) is 0.665. The molecule has 0 radical (unpaired) electrons. The Labute approximate surface area is 158 Å². The van der Waals surface area contributed by atoms with E-state index < -0.39 is 0 Å². The minimum absolute atomic E-state index is 0.349. The van der Waals surface area contributed by atoms with Crippen molar-refractivity contribution in [1.82, 2.24) is 4.90 Å². The van der Waals surface area contributed by atoms with E-state index in [1.807, 2.05) is 0 Å². The van der Waals surface area contributed by atoms with Crippen LogP contribution in [-0.2, 0) is 13.1 Å². The van der Waals surface area contributed by atoms with Crippen molar-refractivity contribution in [2.45, 2.75) is 51.6 Å². The molecule has 0 saturated heterocycles. The summed E-state index contributed by atoms with van der Waals surface area (Å²) < 4.78 is 0. The van der Waals surface area contributed by atoms with Crippen LogP contribution in [0.3, 0.4) is 0 Å². The van der Waals surface area contributed by atoms with Crippen molar-refractivity contribution in [2.75, 3.05) is 13.2 Å². The standard InChI is InChI=1S/C24H33NO/c26-17-7-12-21-13-15-24(16-14-21)20-25(18-22-8-3-1-4-9-22)19-23-10-5-2-6-11-23/h1-6,8-11,21,24,26H,7,12-20H2/t21-,24+. The molecule has 0 bridgehead atoms. The molecule has 2 nitrogen and oxygen atoms in total. The molecule has 2 aromatic carbocycles. The van der Waals surface area contributed by atoms with E-state index in [-0.39, 0.29) is 0 Å². The Morgan fingerprint density at radius 1 is 0.731 bits per heavy atom. The average molecular weight is 352 g/mol. The fourth-order valence-electron chi connectivity index (χ4n) is 4.32. The molecule has 1 fully saturated rings. The van der Waals surface area contributed by atoms with Crippen LogP contribution >= 0.6 is 0 Å². The molecule has 1 saturated carbocycles. The molecule has 26 heavy (non-hydrogen) atoms. The molecule has 1 aliphatic rings. The van der Waals surface area contributed by atoms with Crippen LogP contribution in [0.5, 0.6) is 0 Å². The van der Waals surface area contributed by atoms with Gasteiger partial charge in [0.15, 0.2) is 0 Å².